The zero-order valence-corrected chi connectivity index (χ0v) is 9.10. The van der Waals surface area contributed by atoms with Crippen LogP contribution in [0.25, 0.3) is 0 Å². The SMILES string of the molecule is COC(COc1cccc(CN)c1)OC. The molecule has 0 bridgehead atoms. The first-order valence-electron chi connectivity index (χ1n) is 4.77. The Labute approximate surface area is 89.9 Å². The van der Waals surface area contributed by atoms with Crippen molar-refractivity contribution < 1.29 is 14.2 Å². The summed E-state index contributed by atoms with van der Waals surface area (Å²) in [5, 5.41) is 0. The van der Waals surface area contributed by atoms with Crippen LogP contribution in [0.2, 0.25) is 0 Å². The van der Waals surface area contributed by atoms with Crippen molar-refractivity contribution in [1.29, 1.82) is 0 Å². The lowest BCUT2D eigenvalue weighted by molar-refractivity contribution is -0.121. The number of rotatable bonds is 6. The zero-order chi connectivity index (χ0) is 11.1. The van der Waals surface area contributed by atoms with E-state index in [2.05, 4.69) is 0 Å². The molecule has 0 aliphatic rings. The van der Waals surface area contributed by atoms with Crippen LogP contribution in [-0.2, 0) is 16.0 Å². The van der Waals surface area contributed by atoms with Crippen LogP contribution < -0.4 is 10.5 Å². The van der Waals surface area contributed by atoms with E-state index in [1.165, 1.54) is 0 Å². The maximum absolute atomic E-state index is 5.52. The number of hydrogen-bond acceptors (Lipinski definition) is 4. The highest BCUT2D eigenvalue weighted by atomic mass is 16.7. The van der Waals surface area contributed by atoms with Crippen molar-refractivity contribution in [2.45, 2.75) is 12.8 Å². The number of methoxy groups -OCH3 is 2. The van der Waals surface area contributed by atoms with Crippen LogP contribution in [0.5, 0.6) is 5.75 Å². The van der Waals surface area contributed by atoms with Gasteiger partial charge in [-0.05, 0) is 17.7 Å². The van der Waals surface area contributed by atoms with Gasteiger partial charge in [0, 0.05) is 20.8 Å². The van der Waals surface area contributed by atoms with Crippen LogP contribution in [0.3, 0.4) is 0 Å². The van der Waals surface area contributed by atoms with E-state index in [4.69, 9.17) is 19.9 Å². The van der Waals surface area contributed by atoms with Gasteiger partial charge in [-0.2, -0.15) is 0 Å². The molecule has 1 aromatic carbocycles. The molecule has 0 spiro atoms. The van der Waals surface area contributed by atoms with Crippen molar-refractivity contribution in [3.8, 4) is 5.75 Å². The third-order valence-electron chi connectivity index (χ3n) is 2.05. The molecule has 0 saturated carbocycles. The average molecular weight is 211 g/mol. The fourth-order valence-electron chi connectivity index (χ4n) is 1.16. The number of ether oxygens (including phenoxy) is 3. The molecule has 0 unspecified atom stereocenters. The van der Waals surface area contributed by atoms with Crippen LogP contribution >= 0.6 is 0 Å². The fourth-order valence-corrected chi connectivity index (χ4v) is 1.16. The number of nitrogens with two attached hydrogens (primary N) is 1. The standard InChI is InChI=1S/C11H17NO3/c1-13-11(14-2)8-15-10-5-3-4-9(6-10)7-12/h3-6,11H,7-8,12H2,1-2H3. The van der Waals surface area contributed by atoms with Gasteiger partial charge in [0.2, 0.25) is 0 Å². The molecule has 0 amide bonds. The van der Waals surface area contributed by atoms with E-state index in [1.807, 2.05) is 24.3 Å². The van der Waals surface area contributed by atoms with E-state index in [1.54, 1.807) is 14.2 Å². The van der Waals surface area contributed by atoms with Crippen LogP contribution in [0, 0.1) is 0 Å². The summed E-state index contributed by atoms with van der Waals surface area (Å²) in [7, 11) is 3.15. The van der Waals surface area contributed by atoms with Crippen molar-refractivity contribution in [3.05, 3.63) is 29.8 Å². The summed E-state index contributed by atoms with van der Waals surface area (Å²) in [5.74, 6) is 0.775. The monoisotopic (exact) mass is 211 g/mol. The zero-order valence-electron chi connectivity index (χ0n) is 9.10. The Morgan fingerprint density at radius 1 is 1.27 bits per heavy atom. The van der Waals surface area contributed by atoms with Crippen molar-refractivity contribution in [3.63, 3.8) is 0 Å². The van der Waals surface area contributed by atoms with Gasteiger partial charge in [0.25, 0.3) is 0 Å². The van der Waals surface area contributed by atoms with Crippen LogP contribution in [0.1, 0.15) is 5.56 Å². The van der Waals surface area contributed by atoms with Gasteiger partial charge in [-0.1, -0.05) is 12.1 Å². The largest absolute Gasteiger partial charge is 0.488 e. The van der Waals surface area contributed by atoms with Crippen LogP contribution in [0.4, 0.5) is 0 Å². The summed E-state index contributed by atoms with van der Waals surface area (Å²) < 4.78 is 15.5. The molecule has 0 atom stereocenters. The Morgan fingerprint density at radius 2 is 2.00 bits per heavy atom. The highest BCUT2D eigenvalue weighted by Gasteiger charge is 2.05. The van der Waals surface area contributed by atoms with Crippen molar-refractivity contribution >= 4 is 0 Å². The van der Waals surface area contributed by atoms with Crippen molar-refractivity contribution in [1.82, 2.24) is 0 Å². The first kappa shape index (κ1) is 12.0. The smallest absolute Gasteiger partial charge is 0.191 e. The van der Waals surface area contributed by atoms with Gasteiger partial charge in [0.05, 0.1) is 0 Å². The molecule has 0 fully saturated rings. The highest BCUT2D eigenvalue weighted by Crippen LogP contribution is 2.13. The van der Waals surface area contributed by atoms with Crippen molar-refractivity contribution in [2.24, 2.45) is 5.73 Å². The lowest BCUT2D eigenvalue weighted by Crippen LogP contribution is -2.22. The second-order valence-corrected chi connectivity index (χ2v) is 3.06. The molecule has 1 aromatic rings. The van der Waals surface area contributed by atoms with E-state index < -0.39 is 0 Å². The first-order chi connectivity index (χ1) is 7.30. The predicted octanol–water partition coefficient (Wildman–Crippen LogP) is 1.14. The fraction of sp³-hybridized carbons (Fsp3) is 0.455. The molecular weight excluding hydrogens is 194 g/mol. The van der Waals surface area contributed by atoms with E-state index in [0.717, 1.165) is 11.3 Å². The van der Waals surface area contributed by atoms with Gasteiger partial charge < -0.3 is 19.9 Å². The number of benzene rings is 1. The van der Waals surface area contributed by atoms with E-state index >= 15 is 0 Å². The molecule has 4 nitrogen and oxygen atoms in total. The van der Waals surface area contributed by atoms with Gasteiger partial charge in [0.15, 0.2) is 6.29 Å². The Kier molecular flexibility index (Phi) is 5.10. The van der Waals surface area contributed by atoms with E-state index in [0.29, 0.717) is 13.2 Å². The molecule has 15 heavy (non-hydrogen) atoms. The second-order valence-electron chi connectivity index (χ2n) is 3.06. The molecule has 0 heterocycles. The van der Waals surface area contributed by atoms with Gasteiger partial charge in [-0.3, -0.25) is 0 Å². The Morgan fingerprint density at radius 3 is 2.60 bits per heavy atom. The predicted molar refractivity (Wildman–Crippen MR) is 57.6 cm³/mol. The lowest BCUT2D eigenvalue weighted by atomic mass is 10.2. The Bertz CT molecular complexity index is 287. The highest BCUT2D eigenvalue weighted by molar-refractivity contribution is 5.28. The molecule has 0 aliphatic heterocycles. The molecule has 0 saturated heterocycles. The molecule has 0 aromatic heterocycles. The second kappa shape index (κ2) is 6.40. The molecular formula is C11H17NO3. The molecule has 0 aliphatic carbocycles. The summed E-state index contributed by atoms with van der Waals surface area (Å²) in [5.41, 5.74) is 6.56. The first-order valence-corrected chi connectivity index (χ1v) is 4.77. The summed E-state index contributed by atoms with van der Waals surface area (Å²) in [4.78, 5) is 0. The number of hydrogen-bond donors (Lipinski definition) is 1. The van der Waals surface area contributed by atoms with Gasteiger partial charge in [-0.25, -0.2) is 0 Å². The Hall–Kier alpha value is -1.10. The van der Waals surface area contributed by atoms with Crippen molar-refractivity contribution in [2.75, 3.05) is 20.8 Å². The minimum Gasteiger partial charge on any atom is -0.488 e. The van der Waals surface area contributed by atoms with Crippen LogP contribution in [0.15, 0.2) is 24.3 Å². The van der Waals surface area contributed by atoms with E-state index in [-0.39, 0.29) is 6.29 Å². The van der Waals surface area contributed by atoms with Gasteiger partial charge in [0.1, 0.15) is 12.4 Å². The lowest BCUT2D eigenvalue weighted by Gasteiger charge is -2.14. The minimum atomic E-state index is -0.341. The average Bonchev–Trinajstić information content (AvgIpc) is 2.31. The van der Waals surface area contributed by atoms with Gasteiger partial charge in [-0.15, -0.1) is 0 Å². The Balaban J connectivity index is 2.49. The molecule has 0 radical (unpaired) electrons. The summed E-state index contributed by atoms with van der Waals surface area (Å²) in [6.07, 6.45) is -0.341. The maximum atomic E-state index is 5.52. The molecule has 84 valence electrons. The minimum absolute atomic E-state index is 0.341. The normalized spacial score (nSPS) is 10.7. The summed E-state index contributed by atoms with van der Waals surface area (Å²) in [6.45, 7) is 0.871. The quantitative estimate of drug-likeness (QED) is 0.717. The maximum Gasteiger partial charge on any atom is 0.191 e. The third kappa shape index (κ3) is 3.87. The van der Waals surface area contributed by atoms with Gasteiger partial charge >= 0.3 is 0 Å². The molecule has 1 rings (SSSR count). The molecule has 4 heteroatoms. The third-order valence-corrected chi connectivity index (χ3v) is 2.05. The topological polar surface area (TPSA) is 53.7 Å². The summed E-state index contributed by atoms with van der Waals surface area (Å²) in [6, 6.07) is 7.65. The molecule has 2 N–H and O–H groups in total. The van der Waals surface area contributed by atoms with Crippen LogP contribution in [-0.4, -0.2) is 27.1 Å². The van der Waals surface area contributed by atoms with E-state index in [9.17, 15) is 0 Å². The summed E-state index contributed by atoms with van der Waals surface area (Å²) >= 11 is 0.